The average molecular weight is 271 g/mol. The molecule has 0 radical (unpaired) electrons. The molecule has 0 fully saturated rings. The van der Waals surface area contributed by atoms with Gasteiger partial charge in [0.2, 0.25) is 0 Å². The van der Waals surface area contributed by atoms with Crippen molar-refractivity contribution in [3.63, 3.8) is 0 Å². The maximum atomic E-state index is 5.80. The van der Waals surface area contributed by atoms with E-state index in [1.807, 2.05) is 6.08 Å². The lowest BCUT2D eigenvalue weighted by atomic mass is 9.89. The van der Waals surface area contributed by atoms with Crippen LogP contribution in [0, 0.1) is 11.3 Å². The molecule has 0 saturated heterocycles. The molecule has 0 aliphatic carbocycles. The number of hydrogen-bond donors (Lipinski definition) is 1. The van der Waals surface area contributed by atoms with Crippen molar-refractivity contribution in [2.24, 2.45) is 11.3 Å². The van der Waals surface area contributed by atoms with Gasteiger partial charge in [0.15, 0.2) is 0 Å². The fourth-order valence-corrected chi connectivity index (χ4v) is 1.68. The van der Waals surface area contributed by atoms with Gasteiger partial charge in [-0.05, 0) is 24.3 Å². The second kappa shape index (κ2) is 10.4. The molecular weight excluding hydrogens is 238 g/mol. The molecule has 1 atom stereocenters. The molecule has 0 rings (SSSR count). The van der Waals surface area contributed by atoms with Crippen LogP contribution in [0.4, 0.5) is 0 Å². The van der Waals surface area contributed by atoms with Crippen molar-refractivity contribution in [2.45, 2.75) is 47.1 Å². The van der Waals surface area contributed by atoms with E-state index in [4.69, 9.17) is 9.47 Å². The number of nitrogens with one attached hydrogen (secondary N) is 1. The zero-order valence-electron chi connectivity index (χ0n) is 13.5. The van der Waals surface area contributed by atoms with Gasteiger partial charge in [0.25, 0.3) is 0 Å². The lowest BCUT2D eigenvalue weighted by Gasteiger charge is -2.27. The van der Waals surface area contributed by atoms with Gasteiger partial charge in [-0.3, -0.25) is 0 Å². The minimum absolute atomic E-state index is 0.111. The first kappa shape index (κ1) is 18.6. The molecular formula is C16H33NO2. The Morgan fingerprint density at radius 2 is 1.84 bits per heavy atom. The highest BCUT2D eigenvalue weighted by Crippen LogP contribution is 2.22. The molecule has 3 heteroatoms. The van der Waals surface area contributed by atoms with Gasteiger partial charge < -0.3 is 14.8 Å². The minimum atomic E-state index is 0.111. The first-order valence-electron chi connectivity index (χ1n) is 7.40. The average Bonchev–Trinajstić information content (AvgIpc) is 2.29. The van der Waals surface area contributed by atoms with Crippen LogP contribution in [0.25, 0.3) is 0 Å². The number of hydrogen-bond acceptors (Lipinski definition) is 3. The summed E-state index contributed by atoms with van der Waals surface area (Å²) in [6.45, 7) is 19.0. The Morgan fingerprint density at radius 1 is 1.16 bits per heavy atom. The van der Waals surface area contributed by atoms with Crippen LogP contribution < -0.4 is 5.32 Å². The highest BCUT2D eigenvalue weighted by atomic mass is 16.5. The lowest BCUT2D eigenvalue weighted by molar-refractivity contribution is 0.00340. The fraction of sp³-hybridized carbons (Fsp3) is 0.875. The molecule has 0 aliphatic heterocycles. The normalized spacial score (nSPS) is 13.8. The quantitative estimate of drug-likeness (QED) is 0.462. The topological polar surface area (TPSA) is 30.5 Å². The fourth-order valence-electron chi connectivity index (χ4n) is 1.68. The lowest BCUT2D eigenvalue weighted by Crippen LogP contribution is -2.28. The van der Waals surface area contributed by atoms with Gasteiger partial charge in [0.05, 0.1) is 12.7 Å². The predicted octanol–water partition coefficient (Wildman–Crippen LogP) is 3.26. The van der Waals surface area contributed by atoms with Crippen LogP contribution in [0.2, 0.25) is 0 Å². The van der Waals surface area contributed by atoms with E-state index in [2.05, 4.69) is 46.5 Å². The zero-order chi connectivity index (χ0) is 14.7. The Bertz CT molecular complexity index is 221. The smallest absolute Gasteiger partial charge is 0.0801 e. The van der Waals surface area contributed by atoms with Crippen LogP contribution in [-0.4, -0.2) is 39.0 Å². The van der Waals surface area contributed by atoms with Gasteiger partial charge in [-0.1, -0.05) is 40.7 Å². The van der Waals surface area contributed by atoms with Crippen molar-refractivity contribution in [1.29, 1.82) is 0 Å². The van der Waals surface area contributed by atoms with Crippen molar-refractivity contribution >= 4 is 0 Å². The summed E-state index contributed by atoms with van der Waals surface area (Å²) in [5, 5.41) is 3.35. The Labute approximate surface area is 119 Å². The Balaban J connectivity index is 3.38. The molecule has 1 N–H and O–H groups in total. The molecule has 19 heavy (non-hydrogen) atoms. The second-order valence-corrected chi connectivity index (χ2v) is 6.46. The van der Waals surface area contributed by atoms with E-state index < -0.39 is 0 Å². The van der Waals surface area contributed by atoms with Crippen molar-refractivity contribution in [1.82, 2.24) is 5.32 Å². The van der Waals surface area contributed by atoms with Crippen LogP contribution in [0.3, 0.4) is 0 Å². The molecule has 0 saturated carbocycles. The van der Waals surface area contributed by atoms with E-state index in [1.165, 1.54) is 0 Å². The molecule has 0 aromatic rings. The third-order valence-corrected chi connectivity index (χ3v) is 2.77. The number of rotatable bonds is 11. The van der Waals surface area contributed by atoms with E-state index in [9.17, 15) is 0 Å². The summed E-state index contributed by atoms with van der Waals surface area (Å²) >= 11 is 0. The standard InChI is InChI=1S/C16H33NO2/c1-7-15(16(4,5)6)19-11-8-10-18-12-9-17-13-14(2)3/h7,14-15,17H,1,8-13H2,2-6H3/t15-/m0/s1. The monoisotopic (exact) mass is 271 g/mol. The van der Waals surface area contributed by atoms with Crippen LogP contribution >= 0.6 is 0 Å². The van der Waals surface area contributed by atoms with Crippen molar-refractivity contribution in [3.8, 4) is 0 Å². The Kier molecular flexibility index (Phi) is 10.2. The summed E-state index contributed by atoms with van der Waals surface area (Å²) in [7, 11) is 0. The molecule has 0 amide bonds. The third kappa shape index (κ3) is 11.2. The molecule has 0 aliphatic rings. The van der Waals surface area contributed by atoms with E-state index in [1.54, 1.807) is 0 Å². The molecule has 0 unspecified atom stereocenters. The molecule has 0 aromatic heterocycles. The van der Waals surface area contributed by atoms with Crippen molar-refractivity contribution < 1.29 is 9.47 Å². The van der Waals surface area contributed by atoms with Crippen LogP contribution in [0.15, 0.2) is 12.7 Å². The van der Waals surface area contributed by atoms with Gasteiger partial charge in [-0.2, -0.15) is 0 Å². The van der Waals surface area contributed by atoms with E-state index in [-0.39, 0.29) is 11.5 Å². The highest BCUT2D eigenvalue weighted by molar-refractivity contribution is 4.89. The Hall–Kier alpha value is -0.380. The molecule has 0 bridgehead atoms. The summed E-state index contributed by atoms with van der Waals surface area (Å²) in [5.41, 5.74) is 0.114. The molecule has 0 aromatic carbocycles. The summed E-state index contributed by atoms with van der Waals surface area (Å²) in [6, 6.07) is 0. The van der Waals surface area contributed by atoms with Crippen LogP contribution in [0.5, 0.6) is 0 Å². The van der Waals surface area contributed by atoms with Crippen molar-refractivity contribution in [3.05, 3.63) is 12.7 Å². The zero-order valence-corrected chi connectivity index (χ0v) is 13.5. The van der Waals surface area contributed by atoms with E-state index in [0.29, 0.717) is 5.92 Å². The summed E-state index contributed by atoms with van der Waals surface area (Å²) < 4.78 is 11.3. The summed E-state index contributed by atoms with van der Waals surface area (Å²) in [5.74, 6) is 0.696. The van der Waals surface area contributed by atoms with E-state index in [0.717, 1.165) is 39.3 Å². The minimum Gasteiger partial charge on any atom is -0.380 e. The first-order valence-corrected chi connectivity index (χ1v) is 7.40. The summed E-state index contributed by atoms with van der Waals surface area (Å²) in [6.07, 6.45) is 2.93. The van der Waals surface area contributed by atoms with E-state index >= 15 is 0 Å². The van der Waals surface area contributed by atoms with Crippen LogP contribution in [-0.2, 0) is 9.47 Å². The second-order valence-electron chi connectivity index (χ2n) is 6.46. The Morgan fingerprint density at radius 3 is 2.37 bits per heavy atom. The van der Waals surface area contributed by atoms with Gasteiger partial charge >= 0.3 is 0 Å². The summed E-state index contributed by atoms with van der Waals surface area (Å²) in [4.78, 5) is 0. The maximum Gasteiger partial charge on any atom is 0.0801 e. The van der Waals surface area contributed by atoms with Gasteiger partial charge in [0.1, 0.15) is 0 Å². The molecule has 3 nitrogen and oxygen atoms in total. The van der Waals surface area contributed by atoms with Gasteiger partial charge in [-0.15, -0.1) is 6.58 Å². The molecule has 114 valence electrons. The maximum absolute atomic E-state index is 5.80. The predicted molar refractivity (Wildman–Crippen MR) is 82.5 cm³/mol. The number of ether oxygens (including phenoxy) is 2. The largest absolute Gasteiger partial charge is 0.380 e. The highest BCUT2D eigenvalue weighted by Gasteiger charge is 2.21. The third-order valence-electron chi connectivity index (χ3n) is 2.77. The molecule has 0 spiro atoms. The van der Waals surface area contributed by atoms with Crippen LogP contribution in [0.1, 0.15) is 41.0 Å². The van der Waals surface area contributed by atoms with Crippen molar-refractivity contribution in [2.75, 3.05) is 32.9 Å². The first-order chi connectivity index (χ1) is 8.88. The SMILES string of the molecule is C=C[C@H](OCCCOCCNCC(C)C)C(C)(C)C. The van der Waals surface area contributed by atoms with Gasteiger partial charge in [-0.25, -0.2) is 0 Å². The van der Waals surface area contributed by atoms with Gasteiger partial charge in [0, 0.05) is 19.8 Å². The molecule has 0 heterocycles.